The number of aryl methyl sites for hydroxylation is 1. The van der Waals surface area contributed by atoms with Crippen LogP contribution in [0, 0.1) is 6.92 Å². The van der Waals surface area contributed by atoms with Gasteiger partial charge in [0, 0.05) is 22.3 Å². The summed E-state index contributed by atoms with van der Waals surface area (Å²) in [7, 11) is 0. The first-order valence-corrected chi connectivity index (χ1v) is 8.86. The molecule has 0 saturated carbocycles. The highest BCUT2D eigenvalue weighted by molar-refractivity contribution is 6.06. The van der Waals surface area contributed by atoms with Crippen molar-refractivity contribution in [2.24, 2.45) is 0 Å². The largest absolute Gasteiger partial charge is 0.451 e. The number of carbonyl (C=O) groups is 2. The van der Waals surface area contributed by atoms with Crippen molar-refractivity contribution in [2.45, 2.75) is 6.92 Å². The minimum atomic E-state index is -0.326. The summed E-state index contributed by atoms with van der Waals surface area (Å²) in [4.78, 5) is 24.6. The summed E-state index contributed by atoms with van der Waals surface area (Å²) in [5.74, 6) is -0.260. The molecule has 2 amide bonds. The molecule has 4 rings (SSSR count). The first kappa shape index (κ1) is 17.5. The van der Waals surface area contributed by atoms with E-state index in [1.807, 2.05) is 43.3 Å². The van der Waals surface area contributed by atoms with Crippen molar-refractivity contribution < 1.29 is 14.0 Å². The number of nitrogens with one attached hydrogen (secondary N) is 2. The lowest BCUT2D eigenvalue weighted by Crippen LogP contribution is -2.12. The van der Waals surface area contributed by atoms with Gasteiger partial charge in [0.2, 0.25) is 0 Å². The van der Waals surface area contributed by atoms with E-state index in [0.717, 1.165) is 10.9 Å². The molecule has 1 aromatic heterocycles. The van der Waals surface area contributed by atoms with Crippen LogP contribution < -0.4 is 10.6 Å². The van der Waals surface area contributed by atoms with E-state index in [-0.39, 0.29) is 17.6 Å². The molecule has 0 saturated heterocycles. The van der Waals surface area contributed by atoms with Crippen LogP contribution >= 0.6 is 0 Å². The fourth-order valence-electron chi connectivity index (χ4n) is 2.83. The molecule has 0 bridgehead atoms. The normalized spacial score (nSPS) is 10.6. The van der Waals surface area contributed by atoms with Crippen LogP contribution in [0.4, 0.5) is 11.4 Å². The predicted molar refractivity (Wildman–Crippen MR) is 110 cm³/mol. The average molecular weight is 370 g/mol. The average Bonchev–Trinajstić information content (AvgIpc) is 3.14. The molecule has 28 heavy (non-hydrogen) atoms. The molecule has 5 heteroatoms. The Labute approximate surface area is 162 Å². The second kappa shape index (κ2) is 7.40. The smallest absolute Gasteiger partial charge is 0.291 e. The van der Waals surface area contributed by atoms with Gasteiger partial charge in [0.1, 0.15) is 5.58 Å². The van der Waals surface area contributed by atoms with E-state index in [0.29, 0.717) is 22.5 Å². The predicted octanol–water partition coefficient (Wildman–Crippen LogP) is 5.25. The molecule has 3 aromatic carbocycles. The maximum Gasteiger partial charge on any atom is 0.291 e. The summed E-state index contributed by atoms with van der Waals surface area (Å²) in [6.07, 6.45) is 0. The van der Waals surface area contributed by atoms with Crippen LogP contribution in [-0.2, 0) is 0 Å². The molecule has 1 heterocycles. The standard InChI is InChI=1S/C23H18N2O3/c1-15-6-8-16(9-7-15)22(26)24-18-10-12-19(13-11-18)25-23(27)21-14-17-4-2-3-5-20(17)28-21/h2-14H,1H3,(H,24,26)(H,25,27). The zero-order chi connectivity index (χ0) is 19.5. The first-order chi connectivity index (χ1) is 13.6. The van der Waals surface area contributed by atoms with Gasteiger partial charge in [-0.3, -0.25) is 9.59 Å². The van der Waals surface area contributed by atoms with Gasteiger partial charge >= 0.3 is 0 Å². The quantitative estimate of drug-likeness (QED) is 0.516. The number of benzene rings is 3. The van der Waals surface area contributed by atoms with Crippen molar-refractivity contribution in [1.82, 2.24) is 0 Å². The molecule has 138 valence electrons. The fourth-order valence-corrected chi connectivity index (χ4v) is 2.83. The maximum absolute atomic E-state index is 12.4. The van der Waals surface area contributed by atoms with Crippen molar-refractivity contribution in [1.29, 1.82) is 0 Å². The van der Waals surface area contributed by atoms with Crippen LogP contribution in [0.2, 0.25) is 0 Å². The third kappa shape index (κ3) is 3.78. The maximum atomic E-state index is 12.4. The summed E-state index contributed by atoms with van der Waals surface area (Å²) in [5.41, 5.74) is 3.61. The molecule has 5 nitrogen and oxygen atoms in total. The van der Waals surface area contributed by atoms with Crippen LogP contribution in [0.5, 0.6) is 0 Å². The first-order valence-electron chi connectivity index (χ1n) is 8.86. The summed E-state index contributed by atoms with van der Waals surface area (Å²) < 4.78 is 5.57. The fraction of sp³-hybridized carbons (Fsp3) is 0.0435. The lowest BCUT2D eigenvalue weighted by atomic mass is 10.1. The number of hydrogen-bond acceptors (Lipinski definition) is 3. The van der Waals surface area contributed by atoms with Gasteiger partial charge in [-0.1, -0.05) is 35.9 Å². The molecule has 0 unspecified atom stereocenters. The lowest BCUT2D eigenvalue weighted by molar-refractivity contribution is 0.0996. The SMILES string of the molecule is Cc1ccc(C(=O)Nc2ccc(NC(=O)c3cc4ccccc4o3)cc2)cc1. The second-order valence-corrected chi connectivity index (χ2v) is 6.50. The van der Waals surface area contributed by atoms with Gasteiger partial charge in [0.05, 0.1) is 0 Å². The highest BCUT2D eigenvalue weighted by atomic mass is 16.3. The number of hydrogen-bond donors (Lipinski definition) is 2. The van der Waals surface area contributed by atoms with Crippen molar-refractivity contribution in [3.8, 4) is 0 Å². The third-order valence-electron chi connectivity index (χ3n) is 4.36. The number of rotatable bonds is 4. The second-order valence-electron chi connectivity index (χ2n) is 6.50. The van der Waals surface area contributed by atoms with Crippen LogP contribution in [0.3, 0.4) is 0 Å². The summed E-state index contributed by atoms with van der Waals surface area (Å²) in [6, 6.07) is 23.5. The number of amides is 2. The molecule has 2 N–H and O–H groups in total. The van der Waals surface area contributed by atoms with Gasteiger partial charge < -0.3 is 15.1 Å². The van der Waals surface area contributed by atoms with E-state index in [1.165, 1.54) is 0 Å². The minimum absolute atomic E-state index is 0.181. The third-order valence-corrected chi connectivity index (χ3v) is 4.36. The molecule has 0 aliphatic carbocycles. The highest BCUT2D eigenvalue weighted by Crippen LogP contribution is 2.21. The Bertz CT molecular complexity index is 1110. The van der Waals surface area contributed by atoms with Gasteiger partial charge in [-0.15, -0.1) is 0 Å². The molecule has 0 spiro atoms. The minimum Gasteiger partial charge on any atom is -0.451 e. The number of para-hydroxylation sites is 1. The van der Waals surface area contributed by atoms with Gasteiger partial charge in [0.15, 0.2) is 5.76 Å². The van der Waals surface area contributed by atoms with E-state index in [4.69, 9.17) is 4.42 Å². The summed E-state index contributed by atoms with van der Waals surface area (Å²) in [5, 5.41) is 6.51. The van der Waals surface area contributed by atoms with Crippen LogP contribution in [0.25, 0.3) is 11.0 Å². The molecule has 0 aliphatic rings. The van der Waals surface area contributed by atoms with E-state index in [2.05, 4.69) is 10.6 Å². The van der Waals surface area contributed by atoms with Crippen molar-refractivity contribution in [2.75, 3.05) is 10.6 Å². The Balaban J connectivity index is 1.42. The number of fused-ring (bicyclic) bond motifs is 1. The van der Waals surface area contributed by atoms with Crippen LogP contribution in [0.1, 0.15) is 26.5 Å². The Morgan fingerprint density at radius 1 is 0.750 bits per heavy atom. The summed E-state index contributed by atoms with van der Waals surface area (Å²) in [6.45, 7) is 1.97. The molecule has 0 aliphatic heterocycles. The van der Waals surface area contributed by atoms with E-state index in [1.54, 1.807) is 42.5 Å². The van der Waals surface area contributed by atoms with Crippen molar-refractivity contribution >= 4 is 34.2 Å². The zero-order valence-electron chi connectivity index (χ0n) is 15.2. The van der Waals surface area contributed by atoms with Gasteiger partial charge in [-0.05, 0) is 55.5 Å². The zero-order valence-corrected chi connectivity index (χ0v) is 15.2. The summed E-state index contributed by atoms with van der Waals surface area (Å²) >= 11 is 0. The van der Waals surface area contributed by atoms with Crippen LogP contribution in [-0.4, -0.2) is 11.8 Å². The highest BCUT2D eigenvalue weighted by Gasteiger charge is 2.12. The van der Waals surface area contributed by atoms with E-state index >= 15 is 0 Å². The molecule has 0 radical (unpaired) electrons. The van der Waals surface area contributed by atoms with E-state index in [9.17, 15) is 9.59 Å². The van der Waals surface area contributed by atoms with Crippen molar-refractivity contribution in [3.05, 3.63) is 95.7 Å². The van der Waals surface area contributed by atoms with Gasteiger partial charge in [0.25, 0.3) is 11.8 Å². The van der Waals surface area contributed by atoms with E-state index < -0.39 is 0 Å². The topological polar surface area (TPSA) is 71.3 Å². The van der Waals surface area contributed by atoms with Gasteiger partial charge in [-0.2, -0.15) is 0 Å². The number of anilines is 2. The molecular weight excluding hydrogens is 352 g/mol. The Morgan fingerprint density at radius 2 is 1.36 bits per heavy atom. The Kier molecular flexibility index (Phi) is 4.64. The number of carbonyl (C=O) groups excluding carboxylic acids is 2. The number of furan rings is 1. The van der Waals surface area contributed by atoms with Crippen LogP contribution in [0.15, 0.2) is 83.3 Å². The van der Waals surface area contributed by atoms with Crippen molar-refractivity contribution in [3.63, 3.8) is 0 Å². The Morgan fingerprint density at radius 3 is 2.00 bits per heavy atom. The molecule has 0 fully saturated rings. The lowest BCUT2D eigenvalue weighted by Gasteiger charge is -2.07. The molecular formula is C23H18N2O3. The monoisotopic (exact) mass is 370 g/mol. The molecule has 0 atom stereocenters. The molecule has 4 aromatic rings. The van der Waals surface area contributed by atoms with Gasteiger partial charge in [-0.25, -0.2) is 0 Å². The Hall–Kier alpha value is -3.86.